The van der Waals surface area contributed by atoms with E-state index in [1.54, 1.807) is 37.7 Å². The predicted molar refractivity (Wildman–Crippen MR) is 159 cm³/mol. The highest BCUT2D eigenvalue weighted by atomic mass is 35.5. The van der Waals surface area contributed by atoms with E-state index in [-0.39, 0.29) is 0 Å². The van der Waals surface area contributed by atoms with Crippen molar-refractivity contribution in [2.45, 2.75) is 31.7 Å². The van der Waals surface area contributed by atoms with Crippen LogP contribution in [0.3, 0.4) is 0 Å². The van der Waals surface area contributed by atoms with Crippen LogP contribution in [0.5, 0.6) is 0 Å². The Kier molecular flexibility index (Phi) is 7.10. The maximum atomic E-state index is 12.9. The minimum Gasteiger partial charge on any atom is -0.338 e. The van der Waals surface area contributed by atoms with Gasteiger partial charge in [-0.2, -0.15) is 10.2 Å². The molecule has 0 bridgehead atoms. The number of aryl methyl sites for hydroxylation is 2. The Labute approximate surface area is 239 Å². The third-order valence-corrected chi connectivity index (χ3v) is 10.4. The smallest absolute Gasteiger partial charge is 0.229 e. The quantitative estimate of drug-likeness (QED) is 0.255. The zero-order chi connectivity index (χ0) is 27.3. The van der Waals surface area contributed by atoms with Crippen molar-refractivity contribution < 1.29 is 4.57 Å². The Morgan fingerprint density at radius 2 is 1.77 bits per heavy atom. The van der Waals surface area contributed by atoms with Gasteiger partial charge in [0.2, 0.25) is 5.95 Å². The average Bonchev–Trinajstić information content (AvgIpc) is 3.46. The van der Waals surface area contributed by atoms with Crippen molar-refractivity contribution in [3.8, 4) is 6.07 Å². The molecule has 2 unspecified atom stereocenters. The molecule has 1 saturated carbocycles. The first-order valence-corrected chi connectivity index (χ1v) is 16.7. The SMILES string of the molecule is CP(C)(=O)c1cc(Cl)ccc1Nc1nc(Nc2ccc3c(c2)CC[C@@H](N2CC4C(C#N)C4C2)CC3)ncc1Cl. The van der Waals surface area contributed by atoms with Gasteiger partial charge in [-0.25, -0.2) is 4.98 Å². The van der Waals surface area contributed by atoms with Crippen molar-refractivity contribution in [3.05, 3.63) is 63.8 Å². The summed E-state index contributed by atoms with van der Waals surface area (Å²) in [6, 6.07) is 14.8. The lowest BCUT2D eigenvalue weighted by Gasteiger charge is -2.28. The Hall–Kier alpha value is -2.62. The van der Waals surface area contributed by atoms with Crippen LogP contribution in [-0.4, -0.2) is 47.3 Å². The van der Waals surface area contributed by atoms with Gasteiger partial charge in [0.05, 0.1) is 23.9 Å². The first-order valence-electron chi connectivity index (χ1n) is 13.4. The Bertz CT molecular complexity index is 1510. The largest absolute Gasteiger partial charge is 0.338 e. The zero-order valence-electron chi connectivity index (χ0n) is 22.0. The van der Waals surface area contributed by atoms with E-state index in [1.807, 2.05) is 0 Å². The molecule has 39 heavy (non-hydrogen) atoms. The molecular weight excluding hydrogens is 550 g/mol. The summed E-state index contributed by atoms with van der Waals surface area (Å²) in [7, 11) is -2.60. The third-order valence-electron chi connectivity index (χ3n) is 8.38. The van der Waals surface area contributed by atoms with Gasteiger partial charge in [-0.15, -0.1) is 0 Å². The number of nitriles is 1. The highest BCUT2D eigenvalue weighted by Crippen LogP contribution is 2.52. The highest BCUT2D eigenvalue weighted by molar-refractivity contribution is 7.70. The second-order valence-corrected chi connectivity index (χ2v) is 15.3. The molecule has 1 saturated heterocycles. The molecule has 1 aromatic heterocycles. The zero-order valence-corrected chi connectivity index (χ0v) is 24.4. The lowest BCUT2D eigenvalue weighted by Crippen LogP contribution is -2.35. The highest BCUT2D eigenvalue weighted by Gasteiger charge is 2.56. The van der Waals surface area contributed by atoms with Gasteiger partial charge in [0.15, 0.2) is 5.82 Å². The van der Waals surface area contributed by atoms with Crippen LogP contribution >= 0.6 is 30.3 Å². The monoisotopic (exact) mass is 580 g/mol. The van der Waals surface area contributed by atoms with Crippen LogP contribution in [0.25, 0.3) is 0 Å². The molecule has 3 aliphatic rings. The lowest BCUT2D eigenvalue weighted by molar-refractivity contribution is 0.195. The van der Waals surface area contributed by atoms with Gasteiger partial charge in [0.1, 0.15) is 12.2 Å². The summed E-state index contributed by atoms with van der Waals surface area (Å²) in [6.45, 7) is 5.59. The normalized spacial score (nSPS) is 24.3. The number of likely N-dealkylation sites (tertiary alicyclic amines) is 1. The van der Waals surface area contributed by atoms with Crippen molar-refractivity contribution in [1.29, 1.82) is 5.26 Å². The van der Waals surface area contributed by atoms with Crippen molar-refractivity contribution in [1.82, 2.24) is 14.9 Å². The molecule has 6 rings (SSSR count). The second-order valence-electron chi connectivity index (χ2n) is 11.3. The van der Waals surface area contributed by atoms with E-state index in [0.29, 0.717) is 56.6 Å². The van der Waals surface area contributed by atoms with E-state index in [9.17, 15) is 9.83 Å². The summed E-state index contributed by atoms with van der Waals surface area (Å²) in [5.41, 5.74) is 4.35. The molecule has 2 fully saturated rings. The standard InChI is InChI=1S/C29H31Cl2N6OP/c1-39(2,38)27-12-19(30)6-10-26(27)35-28-25(31)14-33-29(36-28)34-20-7-3-17-4-8-21(9-5-18(17)11-20)37-15-23-22(13-32)24(23)16-37/h3,6-7,10-12,14,21-24H,4-5,8-9,15-16H2,1-2H3,(H2,33,34,35,36)/t21-,22?,23?,24?/m0/s1. The summed E-state index contributed by atoms with van der Waals surface area (Å²) in [6.07, 6.45) is 5.96. The van der Waals surface area contributed by atoms with Gasteiger partial charge in [0.25, 0.3) is 0 Å². The number of hydrogen-bond acceptors (Lipinski definition) is 7. The topological polar surface area (TPSA) is 93.9 Å². The predicted octanol–water partition coefficient (Wildman–Crippen LogP) is 6.47. The summed E-state index contributed by atoms with van der Waals surface area (Å²) < 4.78 is 12.9. The molecule has 0 radical (unpaired) electrons. The van der Waals surface area contributed by atoms with Gasteiger partial charge in [0, 0.05) is 35.1 Å². The van der Waals surface area contributed by atoms with Crippen LogP contribution in [0.1, 0.15) is 24.0 Å². The first kappa shape index (κ1) is 26.6. The molecule has 10 heteroatoms. The van der Waals surface area contributed by atoms with Crippen molar-refractivity contribution in [2.24, 2.45) is 17.8 Å². The van der Waals surface area contributed by atoms with Gasteiger partial charge >= 0.3 is 0 Å². The van der Waals surface area contributed by atoms with E-state index in [4.69, 9.17) is 23.2 Å². The van der Waals surface area contributed by atoms with E-state index < -0.39 is 7.14 Å². The molecule has 2 N–H and O–H groups in total. The molecule has 2 aliphatic carbocycles. The van der Waals surface area contributed by atoms with Gasteiger partial charge in [-0.1, -0.05) is 29.3 Å². The maximum absolute atomic E-state index is 12.9. The molecule has 0 spiro atoms. The summed E-state index contributed by atoms with van der Waals surface area (Å²) in [5, 5.41) is 17.3. The molecular formula is C29H31Cl2N6OP. The van der Waals surface area contributed by atoms with Crippen LogP contribution in [0.2, 0.25) is 10.0 Å². The van der Waals surface area contributed by atoms with E-state index >= 15 is 0 Å². The van der Waals surface area contributed by atoms with Crippen LogP contribution in [0.15, 0.2) is 42.6 Å². The minimum atomic E-state index is -2.60. The summed E-state index contributed by atoms with van der Waals surface area (Å²) >= 11 is 12.6. The third kappa shape index (κ3) is 5.54. The number of piperidine rings is 1. The number of hydrogen-bond donors (Lipinski definition) is 2. The molecule has 2 aromatic carbocycles. The average molecular weight is 581 g/mol. The van der Waals surface area contributed by atoms with Gasteiger partial charge < -0.3 is 15.2 Å². The minimum absolute atomic E-state index is 0.303. The van der Waals surface area contributed by atoms with Crippen molar-refractivity contribution >= 4 is 58.8 Å². The fraction of sp³-hybridized carbons (Fsp3) is 0.414. The Morgan fingerprint density at radius 3 is 2.49 bits per heavy atom. The summed E-state index contributed by atoms with van der Waals surface area (Å²) in [5.74, 6) is 2.36. The number of anilines is 4. The van der Waals surface area contributed by atoms with Crippen molar-refractivity contribution in [3.63, 3.8) is 0 Å². The molecule has 2 heterocycles. The molecule has 3 atom stereocenters. The number of benzene rings is 2. The van der Waals surface area contributed by atoms with E-state index in [0.717, 1.165) is 38.0 Å². The Balaban J connectivity index is 1.15. The molecule has 0 amide bonds. The fourth-order valence-corrected chi connectivity index (χ4v) is 7.76. The van der Waals surface area contributed by atoms with Gasteiger partial charge in [-0.3, -0.25) is 4.90 Å². The van der Waals surface area contributed by atoms with Crippen LogP contribution in [0, 0.1) is 29.1 Å². The number of rotatable bonds is 6. The number of halogens is 2. The number of aromatic nitrogens is 2. The van der Waals surface area contributed by atoms with Crippen molar-refractivity contribution in [2.75, 3.05) is 37.1 Å². The number of nitrogens with zero attached hydrogens (tertiary/aromatic N) is 4. The van der Waals surface area contributed by atoms with Crippen LogP contribution in [0.4, 0.5) is 23.1 Å². The maximum Gasteiger partial charge on any atom is 0.229 e. The van der Waals surface area contributed by atoms with E-state index in [1.165, 1.54) is 17.5 Å². The van der Waals surface area contributed by atoms with Crippen LogP contribution < -0.4 is 15.9 Å². The first-order chi connectivity index (χ1) is 18.7. The second kappa shape index (κ2) is 10.4. The number of fused-ring (bicyclic) bond motifs is 2. The molecule has 1 aliphatic heterocycles. The number of nitrogens with one attached hydrogen (secondary N) is 2. The van der Waals surface area contributed by atoms with Gasteiger partial charge in [-0.05, 0) is 92.3 Å². The molecule has 3 aromatic rings. The lowest BCUT2D eigenvalue weighted by atomic mass is 10.0. The van der Waals surface area contributed by atoms with Crippen LogP contribution in [-0.2, 0) is 17.4 Å². The van der Waals surface area contributed by atoms with E-state index in [2.05, 4.69) is 49.8 Å². The Morgan fingerprint density at radius 1 is 1.03 bits per heavy atom. The summed E-state index contributed by atoms with van der Waals surface area (Å²) in [4.78, 5) is 11.6. The fourth-order valence-electron chi connectivity index (χ4n) is 6.21. The molecule has 7 nitrogen and oxygen atoms in total. The molecule has 202 valence electrons.